The van der Waals surface area contributed by atoms with Crippen molar-refractivity contribution in [1.82, 2.24) is 12.3 Å². The van der Waals surface area contributed by atoms with Gasteiger partial charge in [-0.1, -0.05) is 54.6 Å². The number of hydrogen-bond acceptors (Lipinski definition) is 5. The molecule has 0 aliphatic carbocycles. The van der Waals surface area contributed by atoms with Gasteiger partial charge in [0.15, 0.2) is 0 Å². The molecule has 0 heterocycles. The Labute approximate surface area is 188 Å². The third-order valence-electron chi connectivity index (χ3n) is 3.81. The summed E-state index contributed by atoms with van der Waals surface area (Å²) < 4.78 is 0.844. The minimum atomic E-state index is 0. The highest BCUT2D eigenvalue weighted by Gasteiger charge is 2.10. The van der Waals surface area contributed by atoms with E-state index in [1.54, 1.807) is 6.92 Å². The lowest BCUT2D eigenvalue weighted by Crippen LogP contribution is -2.36. The first kappa shape index (κ1) is 30.2. The molecule has 8 N–H and O–H groups in total. The normalized spacial score (nSPS) is 9.32. The van der Waals surface area contributed by atoms with E-state index in [2.05, 4.69) is 98.8 Å². The van der Waals surface area contributed by atoms with Crippen LogP contribution in [-0.4, -0.2) is 50.1 Å². The van der Waals surface area contributed by atoms with Crippen LogP contribution in [0.5, 0.6) is 0 Å². The van der Waals surface area contributed by atoms with Crippen molar-refractivity contribution in [3.8, 4) is 0 Å². The van der Waals surface area contributed by atoms with E-state index < -0.39 is 0 Å². The van der Waals surface area contributed by atoms with E-state index in [1.165, 1.54) is 23.3 Å². The van der Waals surface area contributed by atoms with Gasteiger partial charge in [-0.2, -0.15) is 0 Å². The fraction of sp³-hybridized carbons (Fsp3) is 0.240. The molecule has 0 saturated heterocycles. The monoisotopic (exact) mass is 426 g/mol. The van der Waals surface area contributed by atoms with Crippen LogP contribution in [0.2, 0.25) is 0 Å². The summed E-state index contributed by atoms with van der Waals surface area (Å²) in [4.78, 5) is 2.25. The molecule has 31 heavy (non-hydrogen) atoms. The highest BCUT2D eigenvalue weighted by atomic mass is 16.3. The Balaban J connectivity index is 0. The second-order valence-corrected chi connectivity index (χ2v) is 7.37. The molecule has 0 aliphatic rings. The average Bonchev–Trinajstić information content (AvgIpc) is 2.71. The second-order valence-electron chi connectivity index (χ2n) is 7.37. The van der Waals surface area contributed by atoms with E-state index in [-0.39, 0.29) is 18.9 Å². The first-order chi connectivity index (χ1) is 13.9. The van der Waals surface area contributed by atoms with Gasteiger partial charge in [0.25, 0.3) is 0 Å². The number of quaternary nitrogens is 1. The number of hydrogen-bond donors (Lipinski definition) is 4. The van der Waals surface area contributed by atoms with Crippen LogP contribution < -0.4 is 17.2 Å². The molecule has 3 aromatic rings. The molecule has 0 bridgehead atoms. The van der Waals surface area contributed by atoms with Crippen molar-refractivity contribution in [1.29, 1.82) is 5.41 Å². The molecule has 6 nitrogen and oxygen atoms in total. The average molecular weight is 427 g/mol. The van der Waals surface area contributed by atoms with Gasteiger partial charge in [0, 0.05) is 17.1 Å². The van der Waals surface area contributed by atoms with Crippen LogP contribution in [0.15, 0.2) is 91.0 Å². The summed E-state index contributed by atoms with van der Waals surface area (Å²) in [5.41, 5.74) is 3.50. The van der Waals surface area contributed by atoms with E-state index in [4.69, 9.17) is 10.5 Å². The highest BCUT2D eigenvalue weighted by molar-refractivity contribution is 5.76. The summed E-state index contributed by atoms with van der Waals surface area (Å²) >= 11 is 0. The maximum absolute atomic E-state index is 8.39. The molecular formula is C25H40N5O+. The van der Waals surface area contributed by atoms with E-state index in [0.29, 0.717) is 0 Å². The van der Waals surface area contributed by atoms with Gasteiger partial charge >= 0.3 is 0 Å². The molecule has 0 aliphatic heterocycles. The number of rotatable bonds is 5. The van der Waals surface area contributed by atoms with Gasteiger partial charge in [-0.05, 0) is 49.5 Å². The number of benzene rings is 3. The zero-order chi connectivity index (χ0) is 21.5. The Bertz CT molecular complexity index is 696. The maximum atomic E-state index is 8.39. The highest BCUT2D eigenvalue weighted by Crippen LogP contribution is 2.33. The standard InChI is InChI=1S/C18H15N.C5H14NO.C2H5N.2H3N/c1-4-10-16(11-5-1)19(17-12-6-2-7-13-17)18-14-8-3-9-15-18;1-6(2,3)4-5-7;1-2-3;;/h1-15H;7H,4-5H2,1-3H3;2-3H,1H3;2*1H3/q;+1;;;. The van der Waals surface area contributed by atoms with Crippen molar-refractivity contribution >= 4 is 23.3 Å². The quantitative estimate of drug-likeness (QED) is 0.303. The number of nitrogens with zero attached hydrogens (tertiary/aromatic N) is 2. The molecule has 0 unspecified atom stereocenters. The Hall–Kier alpha value is -3.03. The molecule has 0 radical (unpaired) electrons. The zero-order valence-corrected chi connectivity index (χ0v) is 19.4. The van der Waals surface area contributed by atoms with Gasteiger partial charge in [0.1, 0.15) is 6.54 Å². The molecule has 170 valence electrons. The van der Waals surface area contributed by atoms with Crippen LogP contribution >= 0.6 is 0 Å². The fourth-order valence-corrected chi connectivity index (χ4v) is 2.48. The summed E-state index contributed by atoms with van der Waals surface area (Å²) in [5, 5.41) is 14.5. The molecule has 0 spiro atoms. The van der Waals surface area contributed by atoms with Gasteiger partial charge in [-0.3, -0.25) is 0 Å². The first-order valence-electron chi connectivity index (χ1n) is 9.74. The van der Waals surface area contributed by atoms with Crippen LogP contribution in [0.25, 0.3) is 0 Å². The minimum Gasteiger partial charge on any atom is -0.391 e. The van der Waals surface area contributed by atoms with Gasteiger partial charge in [0.2, 0.25) is 0 Å². The molecule has 0 atom stereocenters. The van der Waals surface area contributed by atoms with Crippen LogP contribution in [0, 0.1) is 5.41 Å². The predicted octanol–water partition coefficient (Wildman–Crippen LogP) is 5.82. The van der Waals surface area contributed by atoms with Crippen LogP contribution in [0.1, 0.15) is 6.92 Å². The lowest BCUT2D eigenvalue weighted by atomic mass is 10.2. The summed E-state index contributed by atoms with van der Waals surface area (Å²) in [5.74, 6) is 0. The number of nitrogens with one attached hydrogen (secondary N) is 1. The number of aliphatic hydroxyl groups excluding tert-OH is 1. The van der Waals surface area contributed by atoms with E-state index in [1.807, 2.05) is 18.2 Å². The van der Waals surface area contributed by atoms with E-state index in [9.17, 15) is 0 Å². The molecule has 0 aromatic heterocycles. The second kappa shape index (κ2) is 16.7. The number of anilines is 3. The van der Waals surface area contributed by atoms with Gasteiger partial charge in [0.05, 0.1) is 27.7 Å². The Morgan fingerprint density at radius 3 is 1.13 bits per heavy atom. The summed E-state index contributed by atoms with van der Waals surface area (Å²) in [7, 11) is 6.16. The first-order valence-corrected chi connectivity index (χ1v) is 9.74. The van der Waals surface area contributed by atoms with Crippen molar-refractivity contribution in [2.45, 2.75) is 6.92 Å². The minimum absolute atomic E-state index is 0. The molecule has 6 heteroatoms. The third-order valence-corrected chi connectivity index (χ3v) is 3.81. The summed E-state index contributed by atoms with van der Waals surface area (Å²) in [6.07, 6.45) is 1.25. The molecule has 3 aromatic carbocycles. The van der Waals surface area contributed by atoms with Crippen LogP contribution in [0.3, 0.4) is 0 Å². The molecule has 0 amide bonds. The van der Waals surface area contributed by atoms with Crippen molar-refractivity contribution < 1.29 is 9.59 Å². The van der Waals surface area contributed by atoms with Gasteiger partial charge < -0.3 is 32.2 Å². The van der Waals surface area contributed by atoms with Crippen molar-refractivity contribution in [2.75, 3.05) is 39.2 Å². The smallest absolute Gasteiger partial charge is 0.101 e. The van der Waals surface area contributed by atoms with Crippen LogP contribution in [0.4, 0.5) is 17.1 Å². The Morgan fingerprint density at radius 2 is 0.968 bits per heavy atom. The lowest BCUT2D eigenvalue weighted by Gasteiger charge is -2.25. The fourth-order valence-electron chi connectivity index (χ4n) is 2.48. The third kappa shape index (κ3) is 12.3. The van der Waals surface area contributed by atoms with Crippen molar-refractivity contribution in [2.24, 2.45) is 0 Å². The van der Waals surface area contributed by atoms with Gasteiger partial charge in [-0.15, -0.1) is 0 Å². The maximum Gasteiger partial charge on any atom is 0.101 e. The van der Waals surface area contributed by atoms with Crippen molar-refractivity contribution in [3.63, 3.8) is 0 Å². The molecule has 0 saturated carbocycles. The van der Waals surface area contributed by atoms with Crippen LogP contribution in [-0.2, 0) is 0 Å². The molecule has 0 fully saturated rings. The summed E-state index contributed by atoms with van der Waals surface area (Å²) in [6.45, 7) is 2.78. The van der Waals surface area contributed by atoms with E-state index >= 15 is 0 Å². The van der Waals surface area contributed by atoms with Crippen molar-refractivity contribution in [3.05, 3.63) is 91.0 Å². The number of para-hydroxylation sites is 3. The molecule has 3 rings (SSSR count). The zero-order valence-electron chi connectivity index (χ0n) is 19.4. The Kier molecular flexibility index (Phi) is 16.3. The summed E-state index contributed by atoms with van der Waals surface area (Å²) in [6, 6.07) is 31.3. The van der Waals surface area contributed by atoms with Gasteiger partial charge in [-0.25, -0.2) is 0 Å². The predicted molar refractivity (Wildman–Crippen MR) is 136 cm³/mol. The number of likely N-dealkylation sites (N-methyl/N-ethyl adjacent to an activating group) is 1. The topological polar surface area (TPSA) is 117 Å². The van der Waals surface area contributed by atoms with E-state index in [0.717, 1.165) is 11.0 Å². The lowest BCUT2D eigenvalue weighted by molar-refractivity contribution is -0.870. The largest absolute Gasteiger partial charge is 0.391 e. The Morgan fingerprint density at radius 1 is 0.710 bits per heavy atom. The SMILES string of the molecule is CC=N.C[N+](C)(C)CCO.N.N.c1ccc(N(c2ccccc2)c2ccccc2)cc1. The molecular weight excluding hydrogens is 386 g/mol. The number of aliphatic hydroxyl groups is 1.